The van der Waals surface area contributed by atoms with Gasteiger partial charge in [-0.25, -0.2) is 0 Å². The summed E-state index contributed by atoms with van der Waals surface area (Å²) in [4.78, 5) is 16.5. The number of carbonyl (C=O) groups is 1. The first-order valence-electron chi connectivity index (χ1n) is 7.03. The Kier molecular flexibility index (Phi) is 5.05. The van der Waals surface area contributed by atoms with Gasteiger partial charge in [0, 0.05) is 12.6 Å². The minimum Gasteiger partial charge on any atom is -0.350 e. The Morgan fingerprint density at radius 2 is 2.14 bits per heavy atom. The highest BCUT2D eigenvalue weighted by Crippen LogP contribution is 2.21. The van der Waals surface area contributed by atoms with Crippen LogP contribution in [-0.2, 0) is 0 Å². The average molecular weight is 288 g/mol. The lowest BCUT2D eigenvalue weighted by Gasteiger charge is -2.14. The summed E-state index contributed by atoms with van der Waals surface area (Å²) in [5.74, 6) is 0.755. The van der Waals surface area contributed by atoms with Gasteiger partial charge >= 0.3 is 0 Å². The van der Waals surface area contributed by atoms with E-state index in [-0.39, 0.29) is 11.9 Å². The van der Waals surface area contributed by atoms with E-state index >= 15 is 0 Å². The SMILES string of the molecule is CCN[C@H](C)CNC(=O)c1ccccc1-c1nc(C)no1. The highest BCUT2D eigenvalue weighted by Gasteiger charge is 2.16. The van der Waals surface area contributed by atoms with Gasteiger partial charge in [-0.15, -0.1) is 0 Å². The van der Waals surface area contributed by atoms with E-state index in [1.165, 1.54) is 0 Å². The van der Waals surface area contributed by atoms with Crippen molar-refractivity contribution in [3.63, 3.8) is 0 Å². The fourth-order valence-electron chi connectivity index (χ4n) is 2.04. The molecule has 0 fully saturated rings. The predicted octanol–water partition coefficient (Wildman–Crippen LogP) is 1.77. The zero-order chi connectivity index (χ0) is 15.2. The molecule has 0 aliphatic rings. The monoisotopic (exact) mass is 288 g/mol. The molecule has 6 heteroatoms. The van der Waals surface area contributed by atoms with Crippen LogP contribution in [0.3, 0.4) is 0 Å². The van der Waals surface area contributed by atoms with Crippen molar-refractivity contribution in [2.75, 3.05) is 13.1 Å². The molecule has 1 heterocycles. The Morgan fingerprint density at radius 1 is 1.38 bits per heavy atom. The van der Waals surface area contributed by atoms with Gasteiger partial charge in [0.25, 0.3) is 11.8 Å². The number of benzene rings is 1. The summed E-state index contributed by atoms with van der Waals surface area (Å²) >= 11 is 0. The predicted molar refractivity (Wildman–Crippen MR) is 79.9 cm³/mol. The van der Waals surface area contributed by atoms with Gasteiger partial charge in [0.1, 0.15) is 0 Å². The molecular formula is C15H20N4O2. The van der Waals surface area contributed by atoms with Crippen LogP contribution in [0, 0.1) is 6.92 Å². The molecule has 0 spiro atoms. The van der Waals surface area contributed by atoms with Gasteiger partial charge in [0.15, 0.2) is 5.82 Å². The standard InChI is InChI=1S/C15H20N4O2/c1-4-16-10(2)9-17-14(20)12-7-5-6-8-13(12)15-18-11(3)19-21-15/h5-8,10,16H,4,9H2,1-3H3,(H,17,20)/t10-/m1/s1. The van der Waals surface area contributed by atoms with Crippen molar-refractivity contribution in [1.82, 2.24) is 20.8 Å². The third-order valence-electron chi connectivity index (χ3n) is 3.05. The molecule has 2 N–H and O–H groups in total. The summed E-state index contributed by atoms with van der Waals surface area (Å²) < 4.78 is 5.15. The van der Waals surface area contributed by atoms with Crippen molar-refractivity contribution in [3.8, 4) is 11.5 Å². The van der Waals surface area contributed by atoms with Crippen molar-refractivity contribution in [2.45, 2.75) is 26.8 Å². The Bertz CT molecular complexity index is 609. The minimum absolute atomic E-state index is 0.147. The highest BCUT2D eigenvalue weighted by molar-refractivity contribution is 5.99. The van der Waals surface area contributed by atoms with Crippen molar-refractivity contribution in [3.05, 3.63) is 35.7 Å². The van der Waals surface area contributed by atoms with Crippen LogP contribution in [0.1, 0.15) is 30.0 Å². The Labute approximate surface area is 123 Å². The number of amides is 1. The fourth-order valence-corrected chi connectivity index (χ4v) is 2.04. The smallest absolute Gasteiger partial charge is 0.258 e. The lowest BCUT2D eigenvalue weighted by Crippen LogP contribution is -2.38. The van der Waals surface area contributed by atoms with Gasteiger partial charge in [-0.05, 0) is 32.5 Å². The van der Waals surface area contributed by atoms with E-state index in [2.05, 4.69) is 20.8 Å². The molecule has 21 heavy (non-hydrogen) atoms. The van der Waals surface area contributed by atoms with E-state index in [0.717, 1.165) is 6.54 Å². The molecule has 6 nitrogen and oxygen atoms in total. The number of carbonyl (C=O) groups excluding carboxylic acids is 1. The van der Waals surface area contributed by atoms with Gasteiger partial charge in [-0.1, -0.05) is 24.2 Å². The second-order valence-corrected chi connectivity index (χ2v) is 4.86. The molecule has 112 valence electrons. The molecular weight excluding hydrogens is 268 g/mol. The van der Waals surface area contributed by atoms with Gasteiger partial charge < -0.3 is 15.2 Å². The van der Waals surface area contributed by atoms with Gasteiger partial charge in [0.05, 0.1) is 11.1 Å². The van der Waals surface area contributed by atoms with Crippen LogP contribution in [0.2, 0.25) is 0 Å². The molecule has 1 atom stereocenters. The molecule has 0 aliphatic carbocycles. The van der Waals surface area contributed by atoms with Crippen LogP contribution < -0.4 is 10.6 Å². The van der Waals surface area contributed by atoms with Crippen LogP contribution in [-0.4, -0.2) is 35.2 Å². The molecule has 0 radical (unpaired) electrons. The number of nitrogens with one attached hydrogen (secondary N) is 2. The summed E-state index contributed by atoms with van der Waals surface area (Å²) in [5, 5.41) is 9.92. The van der Waals surface area contributed by atoms with Gasteiger partial charge in [-0.2, -0.15) is 4.98 Å². The van der Waals surface area contributed by atoms with Crippen LogP contribution in [0.15, 0.2) is 28.8 Å². The second kappa shape index (κ2) is 6.99. The lowest BCUT2D eigenvalue weighted by molar-refractivity contribution is 0.0950. The molecule has 2 aromatic rings. The van der Waals surface area contributed by atoms with Gasteiger partial charge in [-0.3, -0.25) is 4.79 Å². The molecule has 0 bridgehead atoms. The summed E-state index contributed by atoms with van der Waals surface area (Å²) in [6.07, 6.45) is 0. The lowest BCUT2D eigenvalue weighted by atomic mass is 10.1. The number of hydrogen-bond acceptors (Lipinski definition) is 5. The fraction of sp³-hybridized carbons (Fsp3) is 0.400. The first-order valence-corrected chi connectivity index (χ1v) is 7.03. The third kappa shape index (κ3) is 3.88. The van der Waals surface area contributed by atoms with E-state index in [9.17, 15) is 4.79 Å². The zero-order valence-corrected chi connectivity index (χ0v) is 12.5. The maximum atomic E-state index is 12.3. The highest BCUT2D eigenvalue weighted by atomic mass is 16.5. The van der Waals surface area contributed by atoms with Crippen molar-refractivity contribution >= 4 is 5.91 Å². The molecule has 2 rings (SSSR count). The first kappa shape index (κ1) is 15.2. The number of rotatable bonds is 6. The van der Waals surface area contributed by atoms with E-state index in [1.807, 2.05) is 26.0 Å². The Hall–Kier alpha value is -2.21. The maximum absolute atomic E-state index is 12.3. The van der Waals surface area contributed by atoms with E-state index < -0.39 is 0 Å². The minimum atomic E-state index is -0.147. The number of hydrogen-bond donors (Lipinski definition) is 2. The van der Waals surface area contributed by atoms with E-state index in [4.69, 9.17) is 4.52 Å². The quantitative estimate of drug-likeness (QED) is 0.847. The van der Waals surface area contributed by atoms with Crippen LogP contribution >= 0.6 is 0 Å². The van der Waals surface area contributed by atoms with Crippen molar-refractivity contribution in [1.29, 1.82) is 0 Å². The van der Waals surface area contributed by atoms with Crippen molar-refractivity contribution < 1.29 is 9.32 Å². The third-order valence-corrected chi connectivity index (χ3v) is 3.05. The summed E-state index contributed by atoms with van der Waals surface area (Å²) in [6, 6.07) is 7.43. The molecule has 1 amide bonds. The Balaban J connectivity index is 2.14. The van der Waals surface area contributed by atoms with Crippen molar-refractivity contribution in [2.24, 2.45) is 0 Å². The molecule has 0 saturated carbocycles. The molecule has 0 saturated heterocycles. The first-order chi connectivity index (χ1) is 10.1. The topological polar surface area (TPSA) is 80.0 Å². The summed E-state index contributed by atoms with van der Waals surface area (Å²) in [6.45, 7) is 7.23. The van der Waals surface area contributed by atoms with E-state index in [1.54, 1.807) is 19.1 Å². The number of likely N-dealkylation sites (N-methyl/N-ethyl adjacent to an activating group) is 1. The molecule has 1 aromatic carbocycles. The zero-order valence-electron chi connectivity index (χ0n) is 12.5. The Morgan fingerprint density at radius 3 is 2.81 bits per heavy atom. The number of aromatic nitrogens is 2. The van der Waals surface area contributed by atoms with Crippen LogP contribution in [0.5, 0.6) is 0 Å². The van der Waals surface area contributed by atoms with Crippen LogP contribution in [0.25, 0.3) is 11.5 Å². The van der Waals surface area contributed by atoms with Gasteiger partial charge in [0.2, 0.25) is 0 Å². The average Bonchev–Trinajstić information content (AvgIpc) is 2.91. The summed E-state index contributed by atoms with van der Waals surface area (Å²) in [7, 11) is 0. The van der Waals surface area contributed by atoms with Crippen LogP contribution in [0.4, 0.5) is 0 Å². The molecule has 0 unspecified atom stereocenters. The summed E-state index contributed by atoms with van der Waals surface area (Å²) in [5.41, 5.74) is 1.18. The normalized spacial score (nSPS) is 12.1. The molecule has 0 aliphatic heterocycles. The second-order valence-electron chi connectivity index (χ2n) is 4.86. The largest absolute Gasteiger partial charge is 0.350 e. The van der Waals surface area contributed by atoms with E-state index in [0.29, 0.717) is 29.4 Å². The number of aryl methyl sites for hydroxylation is 1. The maximum Gasteiger partial charge on any atom is 0.258 e. The molecule has 1 aromatic heterocycles. The number of nitrogens with zero attached hydrogens (tertiary/aromatic N) is 2.